The molecule has 1 aliphatic heterocycles. The van der Waals surface area contributed by atoms with Crippen molar-refractivity contribution >= 4 is 5.78 Å². The van der Waals surface area contributed by atoms with Crippen LogP contribution in [-0.2, 0) is 6.54 Å². The maximum absolute atomic E-state index is 12.7. The molecule has 0 aromatic heterocycles. The van der Waals surface area contributed by atoms with E-state index in [1.165, 1.54) is 5.56 Å². The minimum Gasteiger partial charge on any atom is -0.292 e. The molecule has 0 amide bonds. The summed E-state index contributed by atoms with van der Waals surface area (Å²) in [7, 11) is 0. The van der Waals surface area contributed by atoms with Gasteiger partial charge in [0.05, 0.1) is 0 Å². The Bertz CT molecular complexity index is 705. The van der Waals surface area contributed by atoms with Gasteiger partial charge in [-0.15, -0.1) is 0 Å². The van der Waals surface area contributed by atoms with Crippen molar-refractivity contribution in [3.63, 3.8) is 0 Å². The molecular formula is C20H21NO. The molecule has 0 saturated carbocycles. The zero-order valence-corrected chi connectivity index (χ0v) is 13.2. The van der Waals surface area contributed by atoms with Gasteiger partial charge >= 0.3 is 0 Å². The molecule has 1 aliphatic rings. The minimum absolute atomic E-state index is 0.107. The number of nitrogens with zero attached hydrogens (tertiary/aromatic N) is 1. The van der Waals surface area contributed by atoms with Gasteiger partial charge in [-0.1, -0.05) is 54.1 Å². The SMILES string of the molecule is Cc1ccc(C)c(C(=O)c2ccc(CN3CC=CC3)cc2)c1. The van der Waals surface area contributed by atoms with Gasteiger partial charge in [0.1, 0.15) is 0 Å². The van der Waals surface area contributed by atoms with E-state index in [0.29, 0.717) is 0 Å². The number of carbonyl (C=O) groups excluding carboxylic acids is 1. The molecule has 0 N–H and O–H groups in total. The van der Waals surface area contributed by atoms with Crippen LogP contribution in [0.5, 0.6) is 0 Å². The van der Waals surface area contributed by atoms with Crippen LogP contribution >= 0.6 is 0 Å². The molecular weight excluding hydrogens is 270 g/mol. The Kier molecular flexibility index (Phi) is 4.21. The summed E-state index contributed by atoms with van der Waals surface area (Å²) in [5, 5.41) is 0. The fourth-order valence-corrected chi connectivity index (χ4v) is 2.81. The highest BCUT2D eigenvalue weighted by Crippen LogP contribution is 2.17. The summed E-state index contributed by atoms with van der Waals surface area (Å²) >= 11 is 0. The molecule has 22 heavy (non-hydrogen) atoms. The zero-order chi connectivity index (χ0) is 15.5. The Morgan fingerprint density at radius 1 is 1.00 bits per heavy atom. The number of rotatable bonds is 4. The summed E-state index contributed by atoms with van der Waals surface area (Å²) in [6.07, 6.45) is 4.39. The average molecular weight is 291 g/mol. The first-order chi connectivity index (χ1) is 10.6. The largest absolute Gasteiger partial charge is 0.292 e. The monoisotopic (exact) mass is 291 g/mol. The van der Waals surface area contributed by atoms with Gasteiger partial charge in [-0.3, -0.25) is 9.69 Å². The molecule has 0 fully saturated rings. The van der Waals surface area contributed by atoms with Crippen LogP contribution in [0.25, 0.3) is 0 Å². The molecule has 1 heterocycles. The Hall–Kier alpha value is -2.19. The second kappa shape index (κ2) is 6.29. The van der Waals surface area contributed by atoms with E-state index >= 15 is 0 Å². The van der Waals surface area contributed by atoms with Gasteiger partial charge in [-0.05, 0) is 31.0 Å². The summed E-state index contributed by atoms with van der Waals surface area (Å²) in [5.74, 6) is 0.107. The van der Waals surface area contributed by atoms with E-state index in [4.69, 9.17) is 0 Å². The first-order valence-electron chi connectivity index (χ1n) is 7.72. The highest BCUT2D eigenvalue weighted by molar-refractivity contribution is 6.10. The molecule has 0 unspecified atom stereocenters. The molecule has 0 radical (unpaired) electrons. The number of ketones is 1. The molecule has 2 aromatic carbocycles. The Morgan fingerprint density at radius 3 is 2.36 bits per heavy atom. The Morgan fingerprint density at radius 2 is 1.68 bits per heavy atom. The van der Waals surface area contributed by atoms with Gasteiger partial charge in [0, 0.05) is 30.8 Å². The topological polar surface area (TPSA) is 20.3 Å². The molecule has 3 rings (SSSR count). The first kappa shape index (κ1) is 14.7. The third kappa shape index (κ3) is 3.18. The van der Waals surface area contributed by atoms with Crippen LogP contribution in [0.15, 0.2) is 54.6 Å². The summed E-state index contributed by atoms with van der Waals surface area (Å²) in [5.41, 5.74) is 4.96. The summed E-state index contributed by atoms with van der Waals surface area (Å²) in [4.78, 5) is 15.0. The number of carbonyl (C=O) groups is 1. The van der Waals surface area contributed by atoms with Crippen LogP contribution in [0.3, 0.4) is 0 Å². The maximum Gasteiger partial charge on any atom is 0.193 e. The van der Waals surface area contributed by atoms with Crippen molar-refractivity contribution in [3.05, 3.63) is 82.4 Å². The zero-order valence-electron chi connectivity index (χ0n) is 13.2. The smallest absolute Gasteiger partial charge is 0.193 e. The Labute approximate surface area is 132 Å². The fourth-order valence-electron chi connectivity index (χ4n) is 2.81. The van der Waals surface area contributed by atoms with E-state index < -0.39 is 0 Å². The number of hydrogen-bond donors (Lipinski definition) is 0. The van der Waals surface area contributed by atoms with Crippen LogP contribution in [0.4, 0.5) is 0 Å². The van der Waals surface area contributed by atoms with Crippen molar-refractivity contribution in [2.24, 2.45) is 0 Å². The van der Waals surface area contributed by atoms with Gasteiger partial charge in [-0.2, -0.15) is 0 Å². The Balaban J connectivity index is 1.77. The van der Waals surface area contributed by atoms with E-state index in [0.717, 1.165) is 41.9 Å². The lowest BCUT2D eigenvalue weighted by Crippen LogP contribution is -2.19. The van der Waals surface area contributed by atoms with E-state index in [1.807, 2.05) is 44.2 Å². The molecule has 0 spiro atoms. The van der Waals surface area contributed by atoms with E-state index in [-0.39, 0.29) is 5.78 Å². The molecule has 2 nitrogen and oxygen atoms in total. The second-order valence-electron chi connectivity index (χ2n) is 6.01. The van der Waals surface area contributed by atoms with E-state index in [2.05, 4.69) is 29.2 Å². The lowest BCUT2D eigenvalue weighted by molar-refractivity contribution is 0.103. The number of hydrogen-bond acceptors (Lipinski definition) is 2. The molecule has 0 atom stereocenters. The quantitative estimate of drug-likeness (QED) is 0.629. The van der Waals surface area contributed by atoms with E-state index in [1.54, 1.807) is 0 Å². The third-order valence-corrected chi connectivity index (χ3v) is 4.15. The molecule has 2 heteroatoms. The average Bonchev–Trinajstić information content (AvgIpc) is 3.03. The number of benzene rings is 2. The van der Waals surface area contributed by atoms with Gasteiger partial charge in [0.25, 0.3) is 0 Å². The predicted molar refractivity (Wildman–Crippen MR) is 90.2 cm³/mol. The van der Waals surface area contributed by atoms with Gasteiger partial charge < -0.3 is 0 Å². The molecule has 2 aromatic rings. The molecule has 0 aliphatic carbocycles. The lowest BCUT2D eigenvalue weighted by atomic mass is 9.97. The van der Waals surface area contributed by atoms with Crippen molar-refractivity contribution in [1.82, 2.24) is 4.90 Å². The fraction of sp³-hybridized carbons (Fsp3) is 0.250. The summed E-state index contributed by atoms with van der Waals surface area (Å²) < 4.78 is 0. The highest BCUT2D eigenvalue weighted by Gasteiger charge is 2.12. The normalized spacial score (nSPS) is 14.5. The van der Waals surface area contributed by atoms with Crippen LogP contribution in [-0.4, -0.2) is 23.8 Å². The summed E-state index contributed by atoms with van der Waals surface area (Å²) in [6.45, 7) is 6.97. The van der Waals surface area contributed by atoms with Crippen molar-refractivity contribution < 1.29 is 4.79 Å². The molecule has 112 valence electrons. The van der Waals surface area contributed by atoms with Crippen LogP contribution in [0.2, 0.25) is 0 Å². The standard InChI is InChI=1S/C20H21NO/c1-15-5-6-16(2)19(13-15)20(22)18-9-7-17(8-10-18)14-21-11-3-4-12-21/h3-10,13H,11-12,14H2,1-2H3. The highest BCUT2D eigenvalue weighted by atomic mass is 16.1. The lowest BCUT2D eigenvalue weighted by Gasteiger charge is -2.14. The van der Waals surface area contributed by atoms with Gasteiger partial charge in [0.15, 0.2) is 5.78 Å². The molecule has 0 bridgehead atoms. The van der Waals surface area contributed by atoms with Crippen LogP contribution < -0.4 is 0 Å². The van der Waals surface area contributed by atoms with Crippen molar-refractivity contribution in [2.45, 2.75) is 20.4 Å². The third-order valence-electron chi connectivity index (χ3n) is 4.15. The van der Waals surface area contributed by atoms with Crippen molar-refractivity contribution in [3.8, 4) is 0 Å². The maximum atomic E-state index is 12.7. The number of aryl methyl sites for hydroxylation is 2. The molecule has 0 saturated heterocycles. The van der Waals surface area contributed by atoms with Gasteiger partial charge in [0.2, 0.25) is 0 Å². The van der Waals surface area contributed by atoms with Gasteiger partial charge in [-0.25, -0.2) is 0 Å². The van der Waals surface area contributed by atoms with Crippen LogP contribution in [0, 0.1) is 13.8 Å². The van der Waals surface area contributed by atoms with Crippen LogP contribution in [0.1, 0.15) is 32.6 Å². The first-order valence-corrected chi connectivity index (χ1v) is 7.72. The predicted octanol–water partition coefficient (Wildman–Crippen LogP) is 3.91. The minimum atomic E-state index is 0.107. The van der Waals surface area contributed by atoms with Crippen molar-refractivity contribution in [2.75, 3.05) is 13.1 Å². The van der Waals surface area contributed by atoms with Crippen molar-refractivity contribution in [1.29, 1.82) is 0 Å². The van der Waals surface area contributed by atoms with E-state index in [9.17, 15) is 4.79 Å². The second-order valence-corrected chi connectivity index (χ2v) is 6.01. The summed E-state index contributed by atoms with van der Waals surface area (Å²) in [6, 6.07) is 14.1.